The molecule has 0 spiro atoms. The number of rotatable bonds is 4. The van der Waals surface area contributed by atoms with E-state index in [-0.39, 0.29) is 19.3 Å². The largest absolute Gasteiger partial charge is 0.395 e. The van der Waals surface area contributed by atoms with Crippen molar-refractivity contribution in [2.75, 3.05) is 19.8 Å². The summed E-state index contributed by atoms with van der Waals surface area (Å²) < 4.78 is 5.40. The van der Waals surface area contributed by atoms with Gasteiger partial charge in [0.1, 0.15) is 6.10 Å². The molecule has 2 heterocycles. The SMILES string of the molecule is CC(C)(c1ncccc1Cl)N1CC(C(N)=O)OCC1CO. The molecule has 2 atom stereocenters. The molecule has 1 saturated heterocycles. The quantitative estimate of drug-likeness (QED) is 0.846. The van der Waals surface area contributed by atoms with Gasteiger partial charge in [-0.15, -0.1) is 0 Å². The number of ether oxygens (including phenoxy) is 1. The van der Waals surface area contributed by atoms with Gasteiger partial charge in [0.25, 0.3) is 0 Å². The van der Waals surface area contributed by atoms with Crippen molar-refractivity contribution in [2.45, 2.75) is 31.5 Å². The number of aliphatic hydroxyl groups is 1. The number of carbonyl (C=O) groups excluding carboxylic acids is 1. The zero-order valence-corrected chi connectivity index (χ0v) is 12.9. The Hall–Kier alpha value is -1.21. The third-order valence-corrected chi connectivity index (χ3v) is 4.18. The average Bonchev–Trinajstić information content (AvgIpc) is 2.46. The summed E-state index contributed by atoms with van der Waals surface area (Å²) in [4.78, 5) is 17.7. The van der Waals surface area contributed by atoms with E-state index in [9.17, 15) is 9.90 Å². The summed E-state index contributed by atoms with van der Waals surface area (Å²) in [5.41, 5.74) is 5.46. The number of nitrogens with zero attached hydrogens (tertiary/aromatic N) is 2. The van der Waals surface area contributed by atoms with Crippen molar-refractivity contribution in [2.24, 2.45) is 5.73 Å². The Labute approximate surface area is 128 Å². The van der Waals surface area contributed by atoms with Gasteiger partial charge in [-0.25, -0.2) is 0 Å². The van der Waals surface area contributed by atoms with Crippen LogP contribution in [-0.2, 0) is 15.1 Å². The van der Waals surface area contributed by atoms with Gasteiger partial charge in [0, 0.05) is 12.7 Å². The fraction of sp³-hybridized carbons (Fsp3) is 0.571. The molecule has 1 aliphatic rings. The van der Waals surface area contributed by atoms with Crippen LogP contribution in [0.5, 0.6) is 0 Å². The van der Waals surface area contributed by atoms with Gasteiger partial charge in [0.15, 0.2) is 0 Å². The lowest BCUT2D eigenvalue weighted by atomic mass is 9.93. The van der Waals surface area contributed by atoms with Gasteiger partial charge in [0.05, 0.1) is 35.5 Å². The second-order valence-electron chi connectivity index (χ2n) is 5.61. The molecule has 0 saturated carbocycles. The topological polar surface area (TPSA) is 88.7 Å². The summed E-state index contributed by atoms with van der Waals surface area (Å²) in [5, 5.41) is 10.1. The summed E-state index contributed by atoms with van der Waals surface area (Å²) in [6.45, 7) is 4.35. The highest BCUT2D eigenvalue weighted by Crippen LogP contribution is 2.34. The van der Waals surface area contributed by atoms with Crippen LogP contribution in [0.25, 0.3) is 0 Å². The minimum Gasteiger partial charge on any atom is -0.395 e. The van der Waals surface area contributed by atoms with E-state index in [2.05, 4.69) is 4.98 Å². The molecular weight excluding hydrogens is 294 g/mol. The van der Waals surface area contributed by atoms with E-state index in [1.54, 1.807) is 18.3 Å². The molecule has 7 heteroatoms. The zero-order valence-electron chi connectivity index (χ0n) is 12.1. The van der Waals surface area contributed by atoms with Crippen LogP contribution in [0.1, 0.15) is 19.5 Å². The van der Waals surface area contributed by atoms with E-state index >= 15 is 0 Å². The lowest BCUT2D eigenvalue weighted by molar-refractivity contribution is -0.148. The van der Waals surface area contributed by atoms with E-state index in [1.807, 2.05) is 18.7 Å². The summed E-state index contributed by atoms with van der Waals surface area (Å²) in [5.74, 6) is -0.515. The van der Waals surface area contributed by atoms with Crippen molar-refractivity contribution in [3.63, 3.8) is 0 Å². The molecule has 1 aliphatic heterocycles. The fourth-order valence-electron chi connectivity index (χ4n) is 2.68. The second-order valence-corrected chi connectivity index (χ2v) is 6.01. The number of hydrogen-bond acceptors (Lipinski definition) is 5. The van der Waals surface area contributed by atoms with Gasteiger partial charge in [0.2, 0.25) is 5.91 Å². The van der Waals surface area contributed by atoms with Crippen LogP contribution in [0.2, 0.25) is 5.02 Å². The first-order valence-electron chi connectivity index (χ1n) is 6.77. The van der Waals surface area contributed by atoms with Crippen molar-refractivity contribution in [3.8, 4) is 0 Å². The van der Waals surface area contributed by atoms with E-state index in [4.69, 9.17) is 22.1 Å². The van der Waals surface area contributed by atoms with Gasteiger partial charge in [-0.2, -0.15) is 0 Å². The first-order valence-corrected chi connectivity index (χ1v) is 7.15. The Morgan fingerprint density at radius 2 is 2.38 bits per heavy atom. The van der Waals surface area contributed by atoms with Crippen LogP contribution in [-0.4, -0.2) is 52.8 Å². The lowest BCUT2D eigenvalue weighted by Crippen LogP contribution is -2.60. The van der Waals surface area contributed by atoms with Gasteiger partial charge in [-0.05, 0) is 26.0 Å². The molecule has 1 fully saturated rings. The molecule has 0 bridgehead atoms. The van der Waals surface area contributed by atoms with Gasteiger partial charge >= 0.3 is 0 Å². The normalized spacial score (nSPS) is 24.0. The highest BCUT2D eigenvalue weighted by molar-refractivity contribution is 6.31. The number of aliphatic hydroxyl groups excluding tert-OH is 1. The Balaban J connectivity index is 2.34. The molecule has 2 unspecified atom stereocenters. The van der Waals surface area contributed by atoms with Crippen molar-refractivity contribution in [1.29, 1.82) is 0 Å². The number of carbonyl (C=O) groups is 1. The summed E-state index contributed by atoms with van der Waals surface area (Å²) in [6.07, 6.45) is 0.970. The predicted octanol–water partition coefficient (Wildman–Crippen LogP) is 0.517. The summed E-state index contributed by atoms with van der Waals surface area (Å²) in [6, 6.07) is 3.29. The van der Waals surface area contributed by atoms with Crippen molar-refractivity contribution < 1.29 is 14.6 Å². The molecule has 6 nitrogen and oxygen atoms in total. The number of hydrogen-bond donors (Lipinski definition) is 2. The number of morpholine rings is 1. The number of halogens is 1. The fourth-order valence-corrected chi connectivity index (χ4v) is 3.03. The zero-order chi connectivity index (χ0) is 15.6. The summed E-state index contributed by atoms with van der Waals surface area (Å²) in [7, 11) is 0. The molecule has 0 radical (unpaired) electrons. The lowest BCUT2D eigenvalue weighted by Gasteiger charge is -2.47. The van der Waals surface area contributed by atoms with Crippen LogP contribution in [0.3, 0.4) is 0 Å². The summed E-state index contributed by atoms with van der Waals surface area (Å²) >= 11 is 6.24. The maximum atomic E-state index is 11.4. The van der Waals surface area contributed by atoms with E-state index in [1.165, 1.54) is 0 Å². The second kappa shape index (κ2) is 6.27. The van der Waals surface area contributed by atoms with E-state index in [0.29, 0.717) is 17.3 Å². The van der Waals surface area contributed by atoms with E-state index < -0.39 is 17.6 Å². The van der Waals surface area contributed by atoms with Crippen LogP contribution >= 0.6 is 11.6 Å². The van der Waals surface area contributed by atoms with Gasteiger partial charge in [-0.3, -0.25) is 14.7 Å². The molecular formula is C14H20ClN3O3. The van der Waals surface area contributed by atoms with Crippen LogP contribution in [0.15, 0.2) is 18.3 Å². The van der Waals surface area contributed by atoms with E-state index in [0.717, 1.165) is 0 Å². The Morgan fingerprint density at radius 3 is 2.95 bits per heavy atom. The number of primary amides is 1. The molecule has 1 aromatic heterocycles. The molecule has 3 N–H and O–H groups in total. The highest BCUT2D eigenvalue weighted by atomic mass is 35.5. The van der Waals surface area contributed by atoms with Crippen LogP contribution < -0.4 is 5.73 Å². The third kappa shape index (κ3) is 3.18. The van der Waals surface area contributed by atoms with Crippen molar-refractivity contribution >= 4 is 17.5 Å². The first-order chi connectivity index (χ1) is 9.87. The average molecular weight is 314 g/mol. The minimum absolute atomic E-state index is 0.0840. The molecule has 0 aromatic carbocycles. The molecule has 1 amide bonds. The third-order valence-electron chi connectivity index (χ3n) is 3.88. The van der Waals surface area contributed by atoms with Crippen molar-refractivity contribution in [1.82, 2.24) is 9.88 Å². The molecule has 21 heavy (non-hydrogen) atoms. The van der Waals surface area contributed by atoms with Crippen molar-refractivity contribution in [3.05, 3.63) is 29.0 Å². The smallest absolute Gasteiger partial charge is 0.247 e. The predicted molar refractivity (Wildman–Crippen MR) is 78.8 cm³/mol. The maximum Gasteiger partial charge on any atom is 0.247 e. The number of amides is 1. The Morgan fingerprint density at radius 1 is 1.67 bits per heavy atom. The minimum atomic E-state index is -0.699. The Bertz CT molecular complexity index is 524. The standard InChI is InChI=1S/C14H20ClN3O3/c1-14(2,12-10(15)4-3-5-17-12)18-6-11(13(16)20)21-8-9(18)7-19/h3-5,9,11,19H,6-8H2,1-2H3,(H2,16,20). The molecule has 0 aliphatic carbocycles. The first kappa shape index (κ1) is 16.2. The highest BCUT2D eigenvalue weighted by Gasteiger charge is 2.41. The molecule has 1 aromatic rings. The number of aromatic nitrogens is 1. The monoisotopic (exact) mass is 313 g/mol. The van der Waals surface area contributed by atoms with Gasteiger partial charge in [-0.1, -0.05) is 11.6 Å². The van der Waals surface area contributed by atoms with Crippen LogP contribution in [0, 0.1) is 0 Å². The molecule has 116 valence electrons. The number of pyridine rings is 1. The van der Waals surface area contributed by atoms with Crippen LogP contribution in [0.4, 0.5) is 0 Å². The Kier molecular flexibility index (Phi) is 4.83. The number of nitrogens with two attached hydrogens (primary N) is 1. The van der Waals surface area contributed by atoms with Gasteiger partial charge < -0.3 is 15.6 Å². The maximum absolute atomic E-state index is 11.4. The molecule has 2 rings (SSSR count).